The minimum Gasteiger partial charge on any atom is -0.326 e. The maximum Gasteiger partial charge on any atom is 0.158 e. The molecule has 2 N–H and O–H groups in total. The number of nitrogens with zero attached hydrogens (tertiary/aromatic N) is 3. The van der Waals surface area contributed by atoms with Gasteiger partial charge in [-0.15, -0.1) is 0 Å². The molecule has 106 valence electrons. The van der Waals surface area contributed by atoms with E-state index in [-0.39, 0.29) is 0 Å². The van der Waals surface area contributed by atoms with E-state index in [4.69, 9.17) is 10.7 Å². The third-order valence-corrected chi connectivity index (χ3v) is 4.20. The van der Waals surface area contributed by atoms with Gasteiger partial charge in [-0.3, -0.25) is 0 Å². The van der Waals surface area contributed by atoms with Gasteiger partial charge >= 0.3 is 0 Å². The van der Waals surface area contributed by atoms with E-state index >= 15 is 0 Å². The zero-order valence-corrected chi connectivity index (χ0v) is 12.0. The third kappa shape index (κ3) is 2.61. The zero-order chi connectivity index (χ0) is 13.9. The summed E-state index contributed by atoms with van der Waals surface area (Å²) in [6, 6.07) is 8.28. The highest BCUT2D eigenvalue weighted by atomic mass is 15.3. The maximum atomic E-state index is 5.64. The predicted molar refractivity (Wildman–Crippen MR) is 80.2 cm³/mol. The van der Waals surface area contributed by atoms with Crippen molar-refractivity contribution >= 4 is 0 Å². The molecule has 0 radical (unpaired) electrons. The van der Waals surface area contributed by atoms with Crippen molar-refractivity contribution in [3.05, 3.63) is 35.7 Å². The van der Waals surface area contributed by atoms with E-state index in [9.17, 15) is 0 Å². The fraction of sp³-hybridized carbons (Fsp3) is 0.500. The van der Waals surface area contributed by atoms with Crippen LogP contribution in [-0.2, 0) is 13.6 Å². The quantitative estimate of drug-likeness (QED) is 0.932. The van der Waals surface area contributed by atoms with Crippen molar-refractivity contribution in [3.63, 3.8) is 0 Å². The average Bonchev–Trinajstić information content (AvgIpc) is 2.90. The lowest BCUT2D eigenvalue weighted by molar-refractivity contribution is 0.427. The minimum atomic E-state index is 0.548. The molecule has 0 saturated heterocycles. The van der Waals surface area contributed by atoms with Gasteiger partial charge in [0.15, 0.2) is 11.6 Å². The summed E-state index contributed by atoms with van der Waals surface area (Å²) < 4.78 is 1.90. The van der Waals surface area contributed by atoms with Crippen LogP contribution < -0.4 is 5.73 Å². The van der Waals surface area contributed by atoms with E-state index in [2.05, 4.69) is 29.4 Å². The van der Waals surface area contributed by atoms with Crippen molar-refractivity contribution in [1.29, 1.82) is 0 Å². The van der Waals surface area contributed by atoms with Crippen LogP contribution in [0.4, 0.5) is 0 Å². The first-order chi connectivity index (χ1) is 9.78. The Hall–Kier alpha value is -1.68. The van der Waals surface area contributed by atoms with E-state index in [1.165, 1.54) is 32.1 Å². The van der Waals surface area contributed by atoms with Crippen LogP contribution in [0, 0.1) is 0 Å². The largest absolute Gasteiger partial charge is 0.326 e. The Bertz CT molecular complexity index is 565. The van der Waals surface area contributed by atoms with Crippen LogP contribution in [0.15, 0.2) is 24.3 Å². The molecular formula is C16H22N4. The van der Waals surface area contributed by atoms with Crippen molar-refractivity contribution in [3.8, 4) is 11.4 Å². The molecule has 0 unspecified atom stereocenters. The Labute approximate surface area is 120 Å². The molecule has 1 heterocycles. The topological polar surface area (TPSA) is 56.7 Å². The smallest absolute Gasteiger partial charge is 0.158 e. The monoisotopic (exact) mass is 270 g/mol. The van der Waals surface area contributed by atoms with Gasteiger partial charge in [-0.2, -0.15) is 5.10 Å². The van der Waals surface area contributed by atoms with Crippen LogP contribution in [0.25, 0.3) is 11.4 Å². The molecule has 4 heteroatoms. The van der Waals surface area contributed by atoms with Crippen molar-refractivity contribution in [2.45, 2.75) is 44.6 Å². The molecule has 1 aromatic carbocycles. The maximum absolute atomic E-state index is 5.64. The second-order valence-corrected chi connectivity index (χ2v) is 5.65. The first-order valence-corrected chi connectivity index (χ1v) is 7.48. The predicted octanol–water partition coefficient (Wildman–Crippen LogP) is 2.99. The van der Waals surface area contributed by atoms with Gasteiger partial charge in [-0.05, 0) is 18.4 Å². The molecule has 0 spiro atoms. The number of hydrogen-bond donors (Lipinski definition) is 1. The Balaban J connectivity index is 1.87. The van der Waals surface area contributed by atoms with Gasteiger partial charge < -0.3 is 5.73 Å². The van der Waals surface area contributed by atoms with E-state index in [1.807, 2.05) is 11.7 Å². The van der Waals surface area contributed by atoms with Gasteiger partial charge in [0.25, 0.3) is 0 Å². The third-order valence-electron chi connectivity index (χ3n) is 4.20. The lowest BCUT2D eigenvalue weighted by Gasteiger charge is -2.18. The number of nitrogens with two attached hydrogens (primary N) is 1. The second-order valence-electron chi connectivity index (χ2n) is 5.65. The molecule has 1 fully saturated rings. The SMILES string of the molecule is Cn1nc(C2CCCCC2)nc1-c1ccc(CN)cc1. The Kier molecular flexibility index (Phi) is 3.83. The summed E-state index contributed by atoms with van der Waals surface area (Å²) in [6.07, 6.45) is 6.44. The standard InChI is InChI=1S/C16H22N4/c1-20-16(14-9-7-12(11-17)8-10-14)18-15(19-20)13-5-3-2-4-6-13/h7-10,13H,2-6,11,17H2,1H3. The van der Waals surface area contributed by atoms with E-state index < -0.39 is 0 Å². The molecule has 3 rings (SSSR count). The van der Waals surface area contributed by atoms with Gasteiger partial charge in [0.2, 0.25) is 0 Å². The fourth-order valence-electron chi connectivity index (χ4n) is 2.98. The van der Waals surface area contributed by atoms with Crippen LogP contribution >= 0.6 is 0 Å². The highest BCUT2D eigenvalue weighted by Crippen LogP contribution is 2.31. The number of hydrogen-bond acceptors (Lipinski definition) is 3. The molecule has 1 aliphatic carbocycles. The molecule has 0 bridgehead atoms. The molecule has 1 aliphatic rings. The van der Waals surface area contributed by atoms with E-state index in [0.29, 0.717) is 12.5 Å². The Morgan fingerprint density at radius 1 is 1.15 bits per heavy atom. The molecule has 0 atom stereocenters. The van der Waals surface area contributed by atoms with Crippen LogP contribution in [0.1, 0.15) is 49.4 Å². The van der Waals surface area contributed by atoms with Crippen LogP contribution in [-0.4, -0.2) is 14.8 Å². The van der Waals surface area contributed by atoms with E-state index in [0.717, 1.165) is 22.8 Å². The van der Waals surface area contributed by atoms with Crippen molar-refractivity contribution in [1.82, 2.24) is 14.8 Å². The van der Waals surface area contributed by atoms with Gasteiger partial charge in [-0.1, -0.05) is 43.5 Å². The minimum absolute atomic E-state index is 0.548. The highest BCUT2D eigenvalue weighted by Gasteiger charge is 2.21. The van der Waals surface area contributed by atoms with Gasteiger partial charge in [-0.25, -0.2) is 9.67 Å². The summed E-state index contributed by atoms with van der Waals surface area (Å²) in [5, 5.41) is 4.63. The summed E-state index contributed by atoms with van der Waals surface area (Å²) in [5.74, 6) is 2.52. The van der Waals surface area contributed by atoms with Gasteiger partial charge in [0.05, 0.1) is 0 Å². The van der Waals surface area contributed by atoms with Crippen LogP contribution in [0.2, 0.25) is 0 Å². The van der Waals surface area contributed by atoms with Gasteiger partial charge in [0.1, 0.15) is 0 Å². The molecular weight excluding hydrogens is 248 g/mol. The lowest BCUT2D eigenvalue weighted by Crippen LogP contribution is -2.06. The molecule has 0 amide bonds. The first-order valence-electron chi connectivity index (χ1n) is 7.48. The summed E-state index contributed by atoms with van der Waals surface area (Å²) in [5.41, 5.74) is 7.89. The fourth-order valence-corrected chi connectivity index (χ4v) is 2.98. The summed E-state index contributed by atoms with van der Waals surface area (Å²) in [4.78, 5) is 4.78. The molecule has 0 aliphatic heterocycles. The number of benzene rings is 1. The zero-order valence-electron chi connectivity index (χ0n) is 12.0. The molecule has 1 aromatic heterocycles. The normalized spacial score (nSPS) is 16.5. The second kappa shape index (κ2) is 5.75. The summed E-state index contributed by atoms with van der Waals surface area (Å²) >= 11 is 0. The van der Waals surface area contributed by atoms with E-state index in [1.54, 1.807) is 0 Å². The Morgan fingerprint density at radius 2 is 1.85 bits per heavy atom. The van der Waals surface area contributed by atoms with Crippen LogP contribution in [0.3, 0.4) is 0 Å². The molecule has 20 heavy (non-hydrogen) atoms. The molecule has 1 saturated carbocycles. The highest BCUT2D eigenvalue weighted by molar-refractivity contribution is 5.55. The van der Waals surface area contributed by atoms with Gasteiger partial charge in [0, 0.05) is 25.1 Å². The van der Waals surface area contributed by atoms with Crippen LogP contribution in [0.5, 0.6) is 0 Å². The molecule has 2 aromatic rings. The Morgan fingerprint density at radius 3 is 2.50 bits per heavy atom. The van der Waals surface area contributed by atoms with Crippen molar-refractivity contribution < 1.29 is 0 Å². The average molecular weight is 270 g/mol. The number of aromatic nitrogens is 3. The van der Waals surface area contributed by atoms with Crippen molar-refractivity contribution in [2.24, 2.45) is 12.8 Å². The lowest BCUT2D eigenvalue weighted by atomic mass is 9.89. The summed E-state index contributed by atoms with van der Waals surface area (Å²) in [7, 11) is 1.98. The first kappa shape index (κ1) is 13.3. The number of aryl methyl sites for hydroxylation is 1. The number of rotatable bonds is 3. The van der Waals surface area contributed by atoms with Crippen molar-refractivity contribution in [2.75, 3.05) is 0 Å². The molecule has 4 nitrogen and oxygen atoms in total. The summed E-state index contributed by atoms with van der Waals surface area (Å²) in [6.45, 7) is 0.576.